The quantitative estimate of drug-likeness (QED) is 0.847. The third-order valence-corrected chi connectivity index (χ3v) is 3.64. The van der Waals surface area contributed by atoms with Gasteiger partial charge in [0.25, 0.3) is 0 Å². The molecule has 2 aromatic rings. The van der Waals surface area contributed by atoms with E-state index in [0.29, 0.717) is 17.3 Å². The number of rotatable bonds is 5. The summed E-state index contributed by atoms with van der Waals surface area (Å²) in [6.07, 6.45) is 0. The van der Waals surface area contributed by atoms with Gasteiger partial charge in [-0.1, -0.05) is 6.07 Å². The van der Waals surface area contributed by atoms with Crippen molar-refractivity contribution in [1.29, 1.82) is 0 Å². The third-order valence-electron chi connectivity index (χ3n) is 2.62. The number of carbonyl (C=O) groups is 1. The van der Waals surface area contributed by atoms with Gasteiger partial charge >= 0.3 is 5.97 Å². The van der Waals surface area contributed by atoms with Crippen molar-refractivity contribution < 1.29 is 19.1 Å². The number of methoxy groups -OCH3 is 1. The van der Waals surface area contributed by atoms with Crippen molar-refractivity contribution in [1.82, 2.24) is 0 Å². The highest BCUT2D eigenvalue weighted by atomic mass is 32.2. The molecule has 1 heterocycles. The molecule has 0 amide bonds. The summed E-state index contributed by atoms with van der Waals surface area (Å²) >= 11 is 1.57. The van der Waals surface area contributed by atoms with Gasteiger partial charge in [-0.25, -0.2) is 4.79 Å². The SMILES string of the molecule is COc1cccc(SCc2cc(C(=O)O)c(C)o2)c1. The molecule has 4 nitrogen and oxygen atoms in total. The van der Waals surface area contributed by atoms with E-state index in [1.165, 1.54) is 0 Å². The van der Waals surface area contributed by atoms with Gasteiger partial charge < -0.3 is 14.3 Å². The van der Waals surface area contributed by atoms with Gasteiger partial charge in [-0.05, 0) is 31.2 Å². The standard InChI is InChI=1S/C14H14O4S/c1-9-13(14(15)16)7-11(18-9)8-19-12-5-3-4-10(6-12)17-2/h3-7H,8H2,1-2H3,(H,15,16). The fraction of sp³-hybridized carbons (Fsp3) is 0.214. The van der Waals surface area contributed by atoms with Crippen LogP contribution in [0.4, 0.5) is 0 Å². The zero-order chi connectivity index (χ0) is 13.8. The zero-order valence-electron chi connectivity index (χ0n) is 10.7. The largest absolute Gasteiger partial charge is 0.497 e. The van der Waals surface area contributed by atoms with E-state index in [9.17, 15) is 4.79 Å². The first-order chi connectivity index (χ1) is 9.10. The van der Waals surface area contributed by atoms with Crippen molar-refractivity contribution >= 4 is 17.7 Å². The first-order valence-corrected chi connectivity index (χ1v) is 6.68. The molecule has 0 saturated carbocycles. The minimum absolute atomic E-state index is 0.223. The maximum Gasteiger partial charge on any atom is 0.339 e. The summed E-state index contributed by atoms with van der Waals surface area (Å²) in [5.41, 5.74) is 0.223. The van der Waals surface area contributed by atoms with Crippen molar-refractivity contribution in [2.75, 3.05) is 7.11 Å². The lowest BCUT2D eigenvalue weighted by Crippen LogP contribution is -1.94. The molecule has 1 N–H and O–H groups in total. The van der Waals surface area contributed by atoms with E-state index in [1.807, 2.05) is 24.3 Å². The number of hydrogen-bond acceptors (Lipinski definition) is 4. The van der Waals surface area contributed by atoms with Crippen molar-refractivity contribution in [2.24, 2.45) is 0 Å². The molecule has 0 spiro atoms. The average Bonchev–Trinajstić information content (AvgIpc) is 2.78. The number of benzene rings is 1. The molecule has 2 rings (SSSR count). The molecule has 0 radical (unpaired) electrons. The van der Waals surface area contributed by atoms with Crippen LogP contribution in [0.1, 0.15) is 21.9 Å². The van der Waals surface area contributed by atoms with E-state index in [2.05, 4.69) is 0 Å². The molecule has 0 bridgehead atoms. The molecule has 5 heteroatoms. The van der Waals surface area contributed by atoms with Crippen LogP contribution < -0.4 is 4.74 Å². The van der Waals surface area contributed by atoms with Gasteiger partial charge in [0.2, 0.25) is 0 Å². The number of furan rings is 1. The summed E-state index contributed by atoms with van der Waals surface area (Å²) in [6.45, 7) is 1.66. The van der Waals surface area contributed by atoms with Crippen LogP contribution in [0, 0.1) is 6.92 Å². The lowest BCUT2D eigenvalue weighted by Gasteiger charge is -2.02. The molecule has 19 heavy (non-hydrogen) atoms. The zero-order valence-corrected chi connectivity index (χ0v) is 11.5. The average molecular weight is 278 g/mol. The molecular weight excluding hydrogens is 264 g/mol. The van der Waals surface area contributed by atoms with Crippen molar-refractivity contribution in [3.8, 4) is 5.75 Å². The lowest BCUT2D eigenvalue weighted by molar-refractivity contribution is 0.0695. The van der Waals surface area contributed by atoms with Gasteiger partial charge in [0.1, 0.15) is 22.8 Å². The number of hydrogen-bond donors (Lipinski definition) is 1. The molecule has 100 valence electrons. The summed E-state index contributed by atoms with van der Waals surface area (Å²) < 4.78 is 10.6. The van der Waals surface area contributed by atoms with Crippen LogP contribution in [0.2, 0.25) is 0 Å². The summed E-state index contributed by atoms with van der Waals surface area (Å²) in [7, 11) is 1.62. The van der Waals surface area contributed by atoms with Crippen molar-refractivity contribution in [3.63, 3.8) is 0 Å². The maximum atomic E-state index is 10.9. The first-order valence-electron chi connectivity index (χ1n) is 5.69. The van der Waals surface area contributed by atoms with E-state index in [4.69, 9.17) is 14.3 Å². The smallest absolute Gasteiger partial charge is 0.339 e. The van der Waals surface area contributed by atoms with Gasteiger partial charge in [-0.15, -0.1) is 11.8 Å². The Morgan fingerprint density at radius 2 is 2.21 bits per heavy atom. The fourth-order valence-electron chi connectivity index (χ4n) is 1.67. The third kappa shape index (κ3) is 3.32. The van der Waals surface area contributed by atoms with Gasteiger partial charge in [0.15, 0.2) is 0 Å². The second kappa shape index (κ2) is 5.84. The van der Waals surface area contributed by atoms with Crippen LogP contribution in [-0.2, 0) is 5.75 Å². The maximum absolute atomic E-state index is 10.9. The molecular formula is C14H14O4S. The molecule has 0 aliphatic rings. The Morgan fingerprint density at radius 3 is 2.84 bits per heavy atom. The summed E-state index contributed by atoms with van der Waals surface area (Å²) in [5.74, 6) is 1.52. The normalized spacial score (nSPS) is 10.4. The number of thioether (sulfide) groups is 1. The van der Waals surface area contributed by atoms with Crippen molar-refractivity contribution in [3.05, 3.63) is 47.4 Å². The Kier molecular flexibility index (Phi) is 4.16. The predicted octanol–water partition coefficient (Wildman–Crippen LogP) is 3.59. The minimum atomic E-state index is -0.959. The van der Waals surface area contributed by atoms with E-state index >= 15 is 0 Å². The summed E-state index contributed by atoms with van der Waals surface area (Å²) in [5, 5.41) is 8.95. The van der Waals surface area contributed by atoms with E-state index in [-0.39, 0.29) is 5.56 Å². The molecule has 0 atom stereocenters. The number of aromatic carboxylic acids is 1. The van der Waals surface area contributed by atoms with Crippen LogP contribution in [0.5, 0.6) is 5.75 Å². The molecule has 0 saturated heterocycles. The molecule has 0 aliphatic heterocycles. The van der Waals surface area contributed by atoms with Crippen LogP contribution in [0.15, 0.2) is 39.6 Å². The van der Waals surface area contributed by atoms with Crippen LogP contribution >= 0.6 is 11.8 Å². The number of carboxylic acid groups (broad SMARTS) is 1. The summed E-state index contributed by atoms with van der Waals surface area (Å²) in [4.78, 5) is 12.0. The Hall–Kier alpha value is -1.88. The number of carboxylic acids is 1. The van der Waals surface area contributed by atoms with Crippen LogP contribution in [-0.4, -0.2) is 18.2 Å². The van der Waals surface area contributed by atoms with Gasteiger partial charge in [-0.3, -0.25) is 0 Å². The summed E-state index contributed by atoms with van der Waals surface area (Å²) in [6, 6.07) is 9.27. The number of aryl methyl sites for hydroxylation is 1. The highest BCUT2D eigenvalue weighted by Gasteiger charge is 2.13. The van der Waals surface area contributed by atoms with Crippen LogP contribution in [0.25, 0.3) is 0 Å². The highest BCUT2D eigenvalue weighted by molar-refractivity contribution is 7.98. The molecule has 0 aliphatic carbocycles. The van der Waals surface area contributed by atoms with Crippen LogP contribution in [0.3, 0.4) is 0 Å². The second-order valence-electron chi connectivity index (χ2n) is 3.96. The lowest BCUT2D eigenvalue weighted by atomic mass is 10.2. The monoisotopic (exact) mass is 278 g/mol. The predicted molar refractivity (Wildman–Crippen MR) is 73.0 cm³/mol. The van der Waals surface area contributed by atoms with E-state index in [0.717, 1.165) is 10.6 Å². The first kappa shape index (κ1) is 13.5. The Morgan fingerprint density at radius 1 is 1.42 bits per heavy atom. The Labute approximate surface area is 115 Å². The van der Waals surface area contributed by atoms with Gasteiger partial charge in [0.05, 0.1) is 12.9 Å². The van der Waals surface area contributed by atoms with E-state index < -0.39 is 5.97 Å². The molecule has 0 fully saturated rings. The minimum Gasteiger partial charge on any atom is -0.497 e. The molecule has 0 unspecified atom stereocenters. The number of ether oxygens (including phenoxy) is 1. The molecule has 1 aromatic carbocycles. The fourth-order valence-corrected chi connectivity index (χ4v) is 2.50. The van der Waals surface area contributed by atoms with Gasteiger partial charge in [-0.2, -0.15) is 0 Å². The molecule has 1 aromatic heterocycles. The Bertz CT molecular complexity index is 589. The van der Waals surface area contributed by atoms with Crippen molar-refractivity contribution in [2.45, 2.75) is 17.6 Å². The second-order valence-corrected chi connectivity index (χ2v) is 5.00. The van der Waals surface area contributed by atoms with E-state index in [1.54, 1.807) is 31.9 Å². The highest BCUT2D eigenvalue weighted by Crippen LogP contribution is 2.27. The topological polar surface area (TPSA) is 59.7 Å². The Balaban J connectivity index is 2.06. The van der Waals surface area contributed by atoms with Gasteiger partial charge in [0, 0.05) is 4.90 Å².